The van der Waals surface area contributed by atoms with Gasteiger partial charge >= 0.3 is 0 Å². The van der Waals surface area contributed by atoms with Crippen molar-refractivity contribution >= 4 is 34.2 Å². The van der Waals surface area contributed by atoms with Gasteiger partial charge in [0.2, 0.25) is 5.91 Å². The molecule has 0 aromatic heterocycles. The number of anilines is 1. The van der Waals surface area contributed by atoms with Crippen LogP contribution in [-0.2, 0) is 10.2 Å². The van der Waals surface area contributed by atoms with Crippen LogP contribution in [0, 0.1) is 0 Å². The lowest BCUT2D eigenvalue weighted by Crippen LogP contribution is -2.19. The number of nitrogens with one attached hydrogen (secondary N) is 1. The van der Waals surface area contributed by atoms with E-state index in [4.69, 9.17) is 0 Å². The standard InChI is InChI=1S/C12H16INO/c1-12(2,3)9-6-4-5-7-10(9)14-11(15)8-13/h4-7H,8H2,1-3H3,(H,14,15). The van der Waals surface area contributed by atoms with Gasteiger partial charge < -0.3 is 5.32 Å². The van der Waals surface area contributed by atoms with E-state index >= 15 is 0 Å². The maximum Gasteiger partial charge on any atom is 0.234 e. The largest absolute Gasteiger partial charge is 0.325 e. The van der Waals surface area contributed by atoms with Crippen molar-refractivity contribution in [3.05, 3.63) is 29.8 Å². The number of carbonyl (C=O) groups excluding carboxylic acids is 1. The number of alkyl halides is 1. The molecule has 3 heteroatoms. The Labute approximate surface area is 105 Å². The zero-order valence-electron chi connectivity index (χ0n) is 9.30. The molecular weight excluding hydrogens is 301 g/mol. The summed E-state index contributed by atoms with van der Waals surface area (Å²) in [5, 5.41) is 2.92. The molecule has 1 aromatic rings. The van der Waals surface area contributed by atoms with Crippen molar-refractivity contribution in [2.75, 3.05) is 9.74 Å². The minimum absolute atomic E-state index is 0.0484. The third-order valence-electron chi connectivity index (χ3n) is 2.13. The van der Waals surface area contributed by atoms with E-state index in [0.717, 1.165) is 5.69 Å². The van der Waals surface area contributed by atoms with Crippen molar-refractivity contribution in [3.63, 3.8) is 0 Å². The molecule has 0 atom stereocenters. The topological polar surface area (TPSA) is 29.1 Å². The number of benzene rings is 1. The van der Waals surface area contributed by atoms with E-state index in [0.29, 0.717) is 4.43 Å². The molecular formula is C12H16INO. The first-order valence-corrected chi connectivity index (χ1v) is 6.43. The predicted molar refractivity (Wildman–Crippen MR) is 72.7 cm³/mol. The van der Waals surface area contributed by atoms with Gasteiger partial charge in [0.25, 0.3) is 0 Å². The molecule has 0 fully saturated rings. The van der Waals surface area contributed by atoms with Gasteiger partial charge in [0.05, 0.1) is 4.43 Å². The monoisotopic (exact) mass is 317 g/mol. The summed E-state index contributed by atoms with van der Waals surface area (Å²) in [4.78, 5) is 11.3. The van der Waals surface area contributed by atoms with E-state index in [1.54, 1.807) is 0 Å². The van der Waals surface area contributed by atoms with Gasteiger partial charge in [-0.25, -0.2) is 0 Å². The summed E-state index contributed by atoms with van der Waals surface area (Å²) >= 11 is 2.06. The van der Waals surface area contributed by atoms with Crippen LogP contribution in [0.15, 0.2) is 24.3 Å². The Balaban J connectivity index is 3.02. The average Bonchev–Trinajstić information content (AvgIpc) is 2.17. The van der Waals surface area contributed by atoms with Gasteiger partial charge in [-0.1, -0.05) is 61.6 Å². The number of para-hydroxylation sites is 1. The molecule has 1 N–H and O–H groups in total. The molecule has 15 heavy (non-hydrogen) atoms. The fraction of sp³-hybridized carbons (Fsp3) is 0.417. The van der Waals surface area contributed by atoms with Crippen LogP contribution in [0.1, 0.15) is 26.3 Å². The molecule has 0 aliphatic carbocycles. The summed E-state index contributed by atoms with van der Waals surface area (Å²) in [7, 11) is 0. The maximum atomic E-state index is 11.3. The number of hydrogen-bond donors (Lipinski definition) is 1. The van der Waals surface area contributed by atoms with Gasteiger partial charge in [0, 0.05) is 5.69 Å². The average molecular weight is 317 g/mol. The third kappa shape index (κ3) is 3.48. The molecule has 1 aromatic carbocycles. The second-order valence-corrected chi connectivity index (χ2v) is 5.24. The first kappa shape index (κ1) is 12.5. The Bertz CT molecular complexity index is 355. The highest BCUT2D eigenvalue weighted by atomic mass is 127. The maximum absolute atomic E-state index is 11.3. The molecule has 0 unspecified atom stereocenters. The van der Waals surface area contributed by atoms with Crippen molar-refractivity contribution in [1.29, 1.82) is 0 Å². The molecule has 1 rings (SSSR count). The number of rotatable bonds is 2. The van der Waals surface area contributed by atoms with Gasteiger partial charge in [-0.15, -0.1) is 0 Å². The lowest BCUT2D eigenvalue weighted by atomic mass is 9.86. The summed E-state index contributed by atoms with van der Waals surface area (Å²) < 4.78 is 0.482. The minimum Gasteiger partial charge on any atom is -0.325 e. The number of halogens is 1. The zero-order valence-corrected chi connectivity index (χ0v) is 11.5. The van der Waals surface area contributed by atoms with E-state index in [1.165, 1.54) is 5.56 Å². The van der Waals surface area contributed by atoms with Crippen LogP contribution in [0.4, 0.5) is 5.69 Å². The van der Waals surface area contributed by atoms with Crippen LogP contribution in [0.25, 0.3) is 0 Å². The molecule has 0 saturated heterocycles. The zero-order chi connectivity index (χ0) is 11.5. The molecule has 0 heterocycles. The highest BCUT2D eigenvalue weighted by Crippen LogP contribution is 2.29. The summed E-state index contributed by atoms with van der Waals surface area (Å²) in [5.74, 6) is 0.0484. The van der Waals surface area contributed by atoms with Crippen LogP contribution in [0.3, 0.4) is 0 Å². The number of hydrogen-bond acceptors (Lipinski definition) is 1. The van der Waals surface area contributed by atoms with E-state index in [1.807, 2.05) is 18.2 Å². The van der Waals surface area contributed by atoms with Gasteiger partial charge in [-0.3, -0.25) is 4.79 Å². The van der Waals surface area contributed by atoms with E-state index < -0.39 is 0 Å². The molecule has 82 valence electrons. The van der Waals surface area contributed by atoms with Gasteiger partial charge in [-0.05, 0) is 17.0 Å². The first-order chi connectivity index (χ1) is 6.95. The Kier molecular flexibility index (Phi) is 4.13. The lowest BCUT2D eigenvalue weighted by Gasteiger charge is -2.22. The summed E-state index contributed by atoms with van der Waals surface area (Å²) in [6.07, 6.45) is 0. The molecule has 0 saturated carbocycles. The van der Waals surface area contributed by atoms with Gasteiger partial charge in [0.15, 0.2) is 0 Å². The second kappa shape index (κ2) is 4.96. The summed E-state index contributed by atoms with van der Waals surface area (Å²) in [6.45, 7) is 6.42. The van der Waals surface area contributed by atoms with Crippen LogP contribution >= 0.6 is 22.6 Å². The normalized spacial score (nSPS) is 11.2. The Morgan fingerprint density at radius 3 is 2.47 bits per heavy atom. The van der Waals surface area contributed by atoms with Crippen LogP contribution in [0.2, 0.25) is 0 Å². The number of amides is 1. The third-order valence-corrected chi connectivity index (χ3v) is 2.82. The molecule has 0 spiro atoms. The van der Waals surface area contributed by atoms with Gasteiger partial charge in [-0.2, -0.15) is 0 Å². The quantitative estimate of drug-likeness (QED) is 0.658. The van der Waals surface area contributed by atoms with Crippen LogP contribution in [0.5, 0.6) is 0 Å². The van der Waals surface area contributed by atoms with Crippen molar-refractivity contribution in [1.82, 2.24) is 0 Å². The fourth-order valence-corrected chi connectivity index (χ4v) is 1.62. The van der Waals surface area contributed by atoms with E-state index in [2.05, 4.69) is 54.7 Å². The second-order valence-electron chi connectivity index (χ2n) is 4.48. The van der Waals surface area contributed by atoms with E-state index in [9.17, 15) is 4.79 Å². The molecule has 1 amide bonds. The minimum atomic E-state index is 0.0484. The summed E-state index contributed by atoms with van der Waals surface area (Å²) in [6, 6.07) is 7.95. The lowest BCUT2D eigenvalue weighted by molar-refractivity contribution is -0.113. The predicted octanol–water partition coefficient (Wildman–Crippen LogP) is 3.36. The molecule has 2 nitrogen and oxygen atoms in total. The number of carbonyl (C=O) groups is 1. The molecule has 0 radical (unpaired) electrons. The summed E-state index contributed by atoms with van der Waals surface area (Å²) in [5.41, 5.74) is 2.14. The van der Waals surface area contributed by atoms with Crippen LogP contribution < -0.4 is 5.32 Å². The molecule has 0 aliphatic rings. The Morgan fingerprint density at radius 2 is 1.93 bits per heavy atom. The van der Waals surface area contributed by atoms with Gasteiger partial charge in [0.1, 0.15) is 0 Å². The first-order valence-electron chi connectivity index (χ1n) is 4.90. The highest BCUT2D eigenvalue weighted by Gasteiger charge is 2.17. The van der Waals surface area contributed by atoms with Crippen LogP contribution in [-0.4, -0.2) is 10.3 Å². The smallest absolute Gasteiger partial charge is 0.234 e. The SMILES string of the molecule is CC(C)(C)c1ccccc1NC(=O)CI. The molecule has 0 aliphatic heterocycles. The van der Waals surface area contributed by atoms with Crippen molar-refractivity contribution in [3.8, 4) is 0 Å². The van der Waals surface area contributed by atoms with Crippen molar-refractivity contribution in [2.24, 2.45) is 0 Å². The fourth-order valence-electron chi connectivity index (χ4n) is 1.43. The Hall–Kier alpha value is -0.580. The highest BCUT2D eigenvalue weighted by molar-refractivity contribution is 14.1. The molecule has 0 bridgehead atoms. The van der Waals surface area contributed by atoms with Crippen molar-refractivity contribution < 1.29 is 4.79 Å². The van der Waals surface area contributed by atoms with Crippen molar-refractivity contribution in [2.45, 2.75) is 26.2 Å². The Morgan fingerprint density at radius 1 is 1.33 bits per heavy atom. The van der Waals surface area contributed by atoms with E-state index in [-0.39, 0.29) is 11.3 Å².